The first-order chi connectivity index (χ1) is 3.93. The minimum Gasteiger partial charge on any atom is -0.760 e. The van der Waals surface area contributed by atoms with Crippen LogP contribution in [-0.4, -0.2) is 4.98 Å². The fourth-order valence-electron chi connectivity index (χ4n) is 0.423. The van der Waals surface area contributed by atoms with Gasteiger partial charge in [-0.1, -0.05) is 6.07 Å². The van der Waals surface area contributed by atoms with Crippen LogP contribution in [-0.2, 0) is 0 Å². The largest absolute Gasteiger partial charge is 0.760 e. The summed E-state index contributed by atoms with van der Waals surface area (Å²) in [5.41, 5.74) is 1.67. The van der Waals surface area contributed by atoms with Gasteiger partial charge in [-0.25, -0.2) is 4.98 Å². The highest BCUT2D eigenvalue weighted by Crippen LogP contribution is 1.96. The number of nitrogens with one attached hydrogen (secondary N) is 1. The Balaban J connectivity index is 2.83. The van der Waals surface area contributed by atoms with Crippen LogP contribution < -0.4 is 5.48 Å². The Kier molecular flexibility index (Phi) is 1.44. The number of pyridine rings is 1. The average Bonchev–Trinajstić information content (AvgIpc) is 1.90. The minimum absolute atomic E-state index is 0.354. The Morgan fingerprint density at radius 1 is 1.50 bits per heavy atom. The SMILES string of the molecule is [O-]Nc1ccccn1. The topological polar surface area (TPSA) is 48.0 Å². The molecular formula is C5H5N2O-. The molecule has 0 aliphatic heterocycles. The van der Waals surface area contributed by atoms with Crippen molar-refractivity contribution in [2.75, 3.05) is 5.48 Å². The Bertz CT molecular complexity index is 152. The van der Waals surface area contributed by atoms with Gasteiger partial charge >= 0.3 is 0 Å². The van der Waals surface area contributed by atoms with Gasteiger partial charge in [-0.05, 0) is 12.1 Å². The van der Waals surface area contributed by atoms with E-state index in [0.717, 1.165) is 0 Å². The van der Waals surface area contributed by atoms with Crippen molar-refractivity contribution in [3.8, 4) is 0 Å². The lowest BCUT2D eigenvalue weighted by atomic mass is 10.5. The van der Waals surface area contributed by atoms with Crippen LogP contribution in [0.1, 0.15) is 0 Å². The molecule has 1 N–H and O–H groups in total. The fourth-order valence-corrected chi connectivity index (χ4v) is 0.423. The van der Waals surface area contributed by atoms with E-state index in [1.54, 1.807) is 29.9 Å². The number of hydrogen-bond acceptors (Lipinski definition) is 3. The van der Waals surface area contributed by atoms with Crippen molar-refractivity contribution in [2.24, 2.45) is 0 Å². The highest BCUT2D eigenvalue weighted by atomic mass is 16.5. The van der Waals surface area contributed by atoms with Crippen LogP contribution in [0.4, 0.5) is 5.82 Å². The van der Waals surface area contributed by atoms with E-state index in [4.69, 9.17) is 0 Å². The van der Waals surface area contributed by atoms with Crippen LogP contribution in [0.2, 0.25) is 0 Å². The molecule has 1 heterocycles. The maximum atomic E-state index is 9.82. The zero-order chi connectivity index (χ0) is 5.82. The number of hydrogen-bond donors (Lipinski definition) is 1. The second-order valence-corrected chi connectivity index (χ2v) is 1.32. The first-order valence-corrected chi connectivity index (χ1v) is 2.22. The standard InChI is InChI=1S/C5H5N2O/c8-7-5-3-1-2-4-6-5/h1-4H,(H-,6,7,8)/q-1. The first kappa shape index (κ1) is 5.05. The molecule has 1 aromatic heterocycles. The van der Waals surface area contributed by atoms with Crippen molar-refractivity contribution in [1.29, 1.82) is 0 Å². The maximum absolute atomic E-state index is 9.82. The monoisotopic (exact) mass is 109 g/mol. The quantitative estimate of drug-likeness (QED) is 0.547. The number of anilines is 1. The van der Waals surface area contributed by atoms with Crippen LogP contribution >= 0.6 is 0 Å². The van der Waals surface area contributed by atoms with E-state index in [1.165, 1.54) is 0 Å². The van der Waals surface area contributed by atoms with Gasteiger partial charge in [-0.2, -0.15) is 0 Å². The summed E-state index contributed by atoms with van der Waals surface area (Å²) in [7, 11) is 0. The first-order valence-electron chi connectivity index (χ1n) is 2.22. The lowest BCUT2D eigenvalue weighted by Crippen LogP contribution is -1.85. The fraction of sp³-hybridized carbons (Fsp3) is 0. The lowest BCUT2D eigenvalue weighted by Gasteiger charge is -2.04. The molecule has 0 radical (unpaired) electrons. The molecule has 0 saturated heterocycles. The van der Waals surface area contributed by atoms with Crippen LogP contribution in [0.3, 0.4) is 0 Å². The molecule has 3 heteroatoms. The molecule has 42 valence electrons. The third-order valence-electron chi connectivity index (χ3n) is 0.769. The van der Waals surface area contributed by atoms with Crippen LogP contribution in [0.5, 0.6) is 0 Å². The van der Waals surface area contributed by atoms with Crippen LogP contribution in [0.15, 0.2) is 24.4 Å². The van der Waals surface area contributed by atoms with E-state index in [0.29, 0.717) is 5.82 Å². The number of nitrogens with zero attached hydrogens (tertiary/aromatic N) is 1. The Hall–Kier alpha value is -1.09. The summed E-state index contributed by atoms with van der Waals surface area (Å²) in [5.74, 6) is 0.354. The van der Waals surface area contributed by atoms with Crippen molar-refractivity contribution >= 4 is 5.82 Å². The zero-order valence-electron chi connectivity index (χ0n) is 4.16. The van der Waals surface area contributed by atoms with Crippen molar-refractivity contribution in [3.63, 3.8) is 0 Å². The van der Waals surface area contributed by atoms with E-state index in [1.807, 2.05) is 0 Å². The van der Waals surface area contributed by atoms with Crippen LogP contribution in [0, 0.1) is 5.21 Å². The minimum atomic E-state index is 0.354. The summed E-state index contributed by atoms with van der Waals surface area (Å²) in [5, 5.41) is 9.82. The van der Waals surface area contributed by atoms with Gasteiger partial charge in [0.25, 0.3) is 0 Å². The molecule has 1 rings (SSSR count). The third kappa shape index (κ3) is 0.946. The second-order valence-electron chi connectivity index (χ2n) is 1.32. The number of rotatable bonds is 1. The molecule has 0 atom stereocenters. The predicted octanol–water partition coefficient (Wildman–Crippen LogP) is 0.991. The third-order valence-corrected chi connectivity index (χ3v) is 0.769. The van der Waals surface area contributed by atoms with Gasteiger partial charge in [0.2, 0.25) is 0 Å². The van der Waals surface area contributed by atoms with Crippen molar-refractivity contribution < 1.29 is 0 Å². The average molecular weight is 109 g/mol. The van der Waals surface area contributed by atoms with E-state index >= 15 is 0 Å². The van der Waals surface area contributed by atoms with Gasteiger partial charge in [0.1, 0.15) is 5.82 Å². The Labute approximate surface area is 46.9 Å². The van der Waals surface area contributed by atoms with Crippen molar-refractivity contribution in [3.05, 3.63) is 29.6 Å². The zero-order valence-corrected chi connectivity index (χ0v) is 4.16. The van der Waals surface area contributed by atoms with E-state index in [9.17, 15) is 5.21 Å². The number of aromatic nitrogens is 1. The lowest BCUT2D eigenvalue weighted by molar-refractivity contribution is 1.31. The molecule has 0 spiro atoms. The van der Waals surface area contributed by atoms with E-state index in [2.05, 4.69) is 4.98 Å². The Morgan fingerprint density at radius 3 is 2.75 bits per heavy atom. The summed E-state index contributed by atoms with van der Waals surface area (Å²) in [6.45, 7) is 0. The van der Waals surface area contributed by atoms with Crippen molar-refractivity contribution in [2.45, 2.75) is 0 Å². The highest BCUT2D eigenvalue weighted by Gasteiger charge is 1.76. The van der Waals surface area contributed by atoms with Gasteiger partial charge in [0.05, 0.1) is 0 Å². The Morgan fingerprint density at radius 2 is 2.38 bits per heavy atom. The summed E-state index contributed by atoms with van der Waals surface area (Å²) in [6, 6.07) is 5.10. The van der Waals surface area contributed by atoms with Gasteiger partial charge in [0.15, 0.2) is 0 Å². The molecular weight excluding hydrogens is 104 g/mol. The summed E-state index contributed by atoms with van der Waals surface area (Å²) >= 11 is 0. The molecule has 0 unspecified atom stereocenters. The van der Waals surface area contributed by atoms with E-state index < -0.39 is 0 Å². The summed E-state index contributed by atoms with van der Waals surface area (Å²) < 4.78 is 0. The van der Waals surface area contributed by atoms with Gasteiger partial charge < -0.3 is 10.7 Å². The van der Waals surface area contributed by atoms with Gasteiger partial charge in [0, 0.05) is 6.20 Å². The molecule has 8 heavy (non-hydrogen) atoms. The smallest absolute Gasteiger partial charge is 0.115 e. The molecule has 0 amide bonds. The molecule has 0 aliphatic carbocycles. The van der Waals surface area contributed by atoms with Crippen LogP contribution in [0.25, 0.3) is 0 Å². The van der Waals surface area contributed by atoms with E-state index in [-0.39, 0.29) is 0 Å². The molecule has 0 saturated carbocycles. The predicted molar refractivity (Wildman–Crippen MR) is 31.2 cm³/mol. The van der Waals surface area contributed by atoms with Gasteiger partial charge in [-0.15, -0.1) is 0 Å². The normalized spacial score (nSPS) is 8.62. The summed E-state index contributed by atoms with van der Waals surface area (Å²) in [6.07, 6.45) is 1.56. The van der Waals surface area contributed by atoms with Crippen molar-refractivity contribution in [1.82, 2.24) is 4.98 Å². The van der Waals surface area contributed by atoms with Gasteiger partial charge in [-0.3, -0.25) is 0 Å². The molecule has 0 aliphatic rings. The molecule has 0 bridgehead atoms. The summed E-state index contributed by atoms with van der Waals surface area (Å²) in [4.78, 5) is 3.67. The highest BCUT2D eigenvalue weighted by molar-refractivity contribution is 5.33. The molecule has 0 fully saturated rings. The molecule has 1 aromatic rings. The molecule has 3 nitrogen and oxygen atoms in total. The maximum Gasteiger partial charge on any atom is 0.115 e. The second kappa shape index (κ2) is 2.28. The molecule has 0 aromatic carbocycles.